The molecule has 1 spiro atoms. The summed E-state index contributed by atoms with van der Waals surface area (Å²) >= 11 is 3.63. The predicted molar refractivity (Wildman–Crippen MR) is 204 cm³/mol. The maximum absolute atomic E-state index is 15.4. The average Bonchev–Trinajstić information content (AvgIpc) is 3.93. The van der Waals surface area contributed by atoms with Crippen molar-refractivity contribution in [1.82, 2.24) is 29.7 Å². The topological polar surface area (TPSA) is 147 Å². The lowest BCUT2D eigenvalue weighted by atomic mass is 9.74. The summed E-state index contributed by atoms with van der Waals surface area (Å²) in [4.78, 5) is 63.3. The van der Waals surface area contributed by atoms with Gasteiger partial charge in [0.15, 0.2) is 0 Å². The number of amides is 3. The van der Waals surface area contributed by atoms with E-state index in [1.54, 1.807) is 51.9 Å². The third-order valence-electron chi connectivity index (χ3n) is 11.4. The number of allylic oxidation sites excluding steroid dienone is 1. The molecule has 4 aliphatic rings. The molecular weight excluding hydrogens is 768 g/mol. The fourth-order valence-corrected chi connectivity index (χ4v) is 9.31. The highest BCUT2D eigenvalue weighted by Crippen LogP contribution is 2.60. The lowest BCUT2D eigenvalue weighted by Gasteiger charge is -2.38. The summed E-state index contributed by atoms with van der Waals surface area (Å²) < 4.78 is 15.3. The third kappa shape index (κ3) is 6.25. The van der Waals surface area contributed by atoms with Crippen LogP contribution in [0.15, 0.2) is 108 Å². The van der Waals surface area contributed by atoms with Crippen LogP contribution in [0.4, 0.5) is 0 Å². The minimum Gasteiger partial charge on any atom is -0.455 e. The number of likely N-dealkylation sites (N-methyl/N-ethyl adjacent to an activating group) is 1. The zero-order valence-corrected chi connectivity index (χ0v) is 31.9. The van der Waals surface area contributed by atoms with Gasteiger partial charge >= 0.3 is 5.97 Å². The van der Waals surface area contributed by atoms with Gasteiger partial charge in [-0.1, -0.05) is 106 Å². The molecule has 0 radical (unpaired) electrons. The maximum atomic E-state index is 15.4. The summed E-state index contributed by atoms with van der Waals surface area (Å²) in [6.45, 7) is 1.40. The standard InChI is InChI=1S/C41H41BrN6O7/c1-25-35(27-16-8-4-9-17-27)54-40(53)33-34-38(51)48(31(23-49)26-14-6-3-7-15-26)37(41(34)22-28(42)36(33)55-41)39(52)46(21-13-5-10-20-32(50)45(25)2)24-47-30-19-12-11-18-29(30)43-44-47/h3-9,11-19,22,25,31,33-37,49H,10,20-21,23-24H2,1-2H3/b13-5-/t25-,31+,33+,34-,35+,36+,37+,41-/m0/s1. The van der Waals surface area contributed by atoms with Crippen LogP contribution in [0.5, 0.6) is 0 Å². The number of aliphatic hydroxyl groups excluding tert-OH is 1. The molecule has 1 aromatic heterocycles. The molecule has 2 saturated heterocycles. The van der Waals surface area contributed by atoms with Crippen LogP contribution in [0.1, 0.15) is 43.0 Å². The molecule has 3 amide bonds. The summed E-state index contributed by atoms with van der Waals surface area (Å²) in [5, 5.41) is 19.6. The molecule has 8 atom stereocenters. The highest BCUT2D eigenvalue weighted by molar-refractivity contribution is 9.11. The Bertz CT molecular complexity index is 2180. The zero-order chi connectivity index (χ0) is 38.4. The number of para-hydroxylation sites is 1. The van der Waals surface area contributed by atoms with E-state index in [9.17, 15) is 14.7 Å². The van der Waals surface area contributed by atoms with Gasteiger partial charge in [-0.15, -0.1) is 5.10 Å². The number of benzene rings is 3. The van der Waals surface area contributed by atoms with E-state index < -0.39 is 72.2 Å². The van der Waals surface area contributed by atoms with Gasteiger partial charge < -0.3 is 29.3 Å². The second kappa shape index (κ2) is 14.8. The SMILES string of the molecule is C[C@H]1[C@H](c2ccccc2)OC(=O)[C@H]2[C@@H]3O[C@@]4(C=C3Br)[C@@H]2C(=O)N([C@H](CO)c2ccccc2)[C@@H]4C(=O)N(Cn2nnc3ccccc32)C/C=C\CCC(=O)N1C. The van der Waals surface area contributed by atoms with E-state index in [0.29, 0.717) is 33.1 Å². The normalized spacial score (nSPS) is 29.7. The lowest BCUT2D eigenvalue weighted by molar-refractivity contribution is -0.164. The van der Waals surface area contributed by atoms with Gasteiger partial charge in [0, 0.05) is 24.5 Å². The Morgan fingerprint density at radius 1 is 0.927 bits per heavy atom. The lowest BCUT2D eigenvalue weighted by Crippen LogP contribution is -2.57. The van der Waals surface area contributed by atoms with E-state index in [1.165, 1.54) is 4.90 Å². The van der Waals surface area contributed by atoms with Crippen LogP contribution in [0, 0.1) is 11.8 Å². The molecule has 8 rings (SSSR count). The number of esters is 1. The van der Waals surface area contributed by atoms with Crippen LogP contribution in [0.2, 0.25) is 0 Å². The summed E-state index contributed by atoms with van der Waals surface area (Å²) in [5.41, 5.74) is 1.06. The van der Waals surface area contributed by atoms with Gasteiger partial charge in [-0.05, 0) is 42.7 Å². The Kier molecular flexibility index (Phi) is 9.90. The molecule has 0 saturated carbocycles. The van der Waals surface area contributed by atoms with Crippen molar-refractivity contribution >= 4 is 50.7 Å². The number of carbonyl (C=O) groups is 4. The molecule has 5 bridgehead atoms. The number of hydrogen-bond acceptors (Lipinski definition) is 9. The van der Waals surface area contributed by atoms with Crippen LogP contribution >= 0.6 is 15.9 Å². The first-order valence-electron chi connectivity index (χ1n) is 18.4. The van der Waals surface area contributed by atoms with E-state index in [2.05, 4.69) is 26.2 Å². The molecule has 284 valence electrons. The molecule has 5 heterocycles. The quantitative estimate of drug-likeness (QED) is 0.223. The minimum atomic E-state index is -1.59. The molecule has 14 heteroatoms. The molecular formula is C41H41BrN6O7. The summed E-state index contributed by atoms with van der Waals surface area (Å²) in [6, 6.07) is 22.8. The maximum Gasteiger partial charge on any atom is 0.313 e. The molecule has 13 nitrogen and oxygen atoms in total. The second-order valence-corrected chi connectivity index (χ2v) is 15.4. The molecule has 2 fully saturated rings. The number of likely N-dealkylation sites (tertiary alicyclic amines) is 1. The highest BCUT2D eigenvalue weighted by atomic mass is 79.9. The van der Waals surface area contributed by atoms with Crippen LogP contribution in [-0.2, 0) is 35.3 Å². The van der Waals surface area contributed by atoms with Crippen LogP contribution in [0.3, 0.4) is 0 Å². The summed E-state index contributed by atoms with van der Waals surface area (Å²) in [5.74, 6) is -4.14. The van der Waals surface area contributed by atoms with Gasteiger partial charge in [0.2, 0.25) is 11.8 Å². The van der Waals surface area contributed by atoms with Gasteiger partial charge in [-0.3, -0.25) is 19.2 Å². The van der Waals surface area contributed by atoms with Gasteiger partial charge in [0.25, 0.3) is 5.91 Å². The third-order valence-corrected chi connectivity index (χ3v) is 12.1. The van der Waals surface area contributed by atoms with Crippen molar-refractivity contribution in [3.05, 3.63) is 119 Å². The number of fused-ring (bicyclic) bond motifs is 3. The number of aliphatic hydroxyl groups is 1. The van der Waals surface area contributed by atoms with Gasteiger partial charge in [-0.2, -0.15) is 0 Å². The van der Waals surface area contributed by atoms with Crippen LogP contribution in [0.25, 0.3) is 11.0 Å². The van der Waals surface area contributed by atoms with Crippen molar-refractivity contribution in [3.8, 4) is 0 Å². The summed E-state index contributed by atoms with van der Waals surface area (Å²) in [7, 11) is 1.69. The largest absolute Gasteiger partial charge is 0.455 e. The molecule has 3 aromatic carbocycles. The molecule has 1 N–H and O–H groups in total. The number of carbonyl (C=O) groups excluding carboxylic acids is 4. The van der Waals surface area contributed by atoms with Crippen molar-refractivity contribution < 1.29 is 33.8 Å². The number of hydrogen-bond donors (Lipinski definition) is 1. The van der Waals surface area contributed by atoms with E-state index >= 15 is 9.59 Å². The molecule has 55 heavy (non-hydrogen) atoms. The van der Waals surface area contributed by atoms with Crippen molar-refractivity contribution in [3.63, 3.8) is 0 Å². The fraction of sp³-hybridized carbons (Fsp3) is 0.366. The number of halogens is 1. The smallest absolute Gasteiger partial charge is 0.313 e. The van der Waals surface area contributed by atoms with Crippen molar-refractivity contribution in [2.24, 2.45) is 11.8 Å². The van der Waals surface area contributed by atoms with Crippen molar-refractivity contribution in [2.45, 2.75) is 62.4 Å². The highest BCUT2D eigenvalue weighted by Gasteiger charge is 2.75. The molecule has 4 aromatic rings. The molecule has 0 unspecified atom stereocenters. The first-order valence-corrected chi connectivity index (χ1v) is 19.2. The Morgan fingerprint density at radius 3 is 2.38 bits per heavy atom. The number of rotatable bonds is 6. The van der Waals surface area contributed by atoms with Crippen molar-refractivity contribution in [2.75, 3.05) is 20.2 Å². The monoisotopic (exact) mass is 808 g/mol. The minimum absolute atomic E-state index is 0.0319. The zero-order valence-electron chi connectivity index (χ0n) is 30.3. The summed E-state index contributed by atoms with van der Waals surface area (Å²) in [6.07, 6.45) is 4.21. The molecule has 4 aliphatic heterocycles. The van der Waals surface area contributed by atoms with Crippen LogP contribution in [-0.4, -0.2) is 102 Å². The van der Waals surface area contributed by atoms with E-state index in [0.717, 1.165) is 0 Å². The van der Waals surface area contributed by atoms with Crippen molar-refractivity contribution in [1.29, 1.82) is 0 Å². The number of cyclic esters (lactones) is 1. The Hall–Kier alpha value is -5.18. The van der Waals surface area contributed by atoms with E-state index in [1.807, 2.05) is 79.7 Å². The second-order valence-electron chi connectivity index (χ2n) is 14.5. The van der Waals surface area contributed by atoms with Gasteiger partial charge in [0.1, 0.15) is 42.0 Å². The van der Waals surface area contributed by atoms with E-state index in [4.69, 9.17) is 9.47 Å². The number of nitrogens with zero attached hydrogens (tertiary/aromatic N) is 6. The van der Waals surface area contributed by atoms with Gasteiger partial charge in [-0.25, -0.2) is 4.68 Å². The first kappa shape index (κ1) is 36.8. The Morgan fingerprint density at radius 2 is 1.64 bits per heavy atom. The average molecular weight is 810 g/mol. The van der Waals surface area contributed by atoms with E-state index in [-0.39, 0.29) is 25.5 Å². The first-order chi connectivity index (χ1) is 26.6. The molecule has 0 aliphatic carbocycles. The number of aromatic nitrogens is 3. The Balaban J connectivity index is 1.27. The fourth-order valence-electron chi connectivity index (χ4n) is 8.57. The predicted octanol–water partition coefficient (Wildman–Crippen LogP) is 4.31. The number of ether oxygens (including phenoxy) is 2. The van der Waals surface area contributed by atoms with Gasteiger partial charge in [0.05, 0.1) is 30.1 Å². The Labute approximate surface area is 326 Å². The van der Waals surface area contributed by atoms with Crippen LogP contribution < -0.4 is 0 Å².